The maximum atomic E-state index is 12.3. The van der Waals surface area contributed by atoms with Gasteiger partial charge in [0, 0.05) is 13.1 Å². The van der Waals surface area contributed by atoms with Crippen molar-refractivity contribution >= 4 is 5.91 Å². The summed E-state index contributed by atoms with van der Waals surface area (Å²) in [6.45, 7) is 7.23. The summed E-state index contributed by atoms with van der Waals surface area (Å²) in [5, 5.41) is 0. The molecule has 5 nitrogen and oxygen atoms in total. The lowest BCUT2D eigenvalue weighted by Gasteiger charge is -2.29. The predicted molar refractivity (Wildman–Crippen MR) is 75.7 cm³/mol. The maximum absolute atomic E-state index is 12.3. The lowest BCUT2D eigenvalue weighted by Crippen LogP contribution is -2.52. The van der Waals surface area contributed by atoms with Crippen LogP contribution in [0, 0.1) is 6.92 Å². The van der Waals surface area contributed by atoms with E-state index >= 15 is 0 Å². The van der Waals surface area contributed by atoms with Gasteiger partial charge < -0.3 is 20.0 Å². The molecule has 0 atom stereocenters. The van der Waals surface area contributed by atoms with Gasteiger partial charge in [0.15, 0.2) is 0 Å². The van der Waals surface area contributed by atoms with Gasteiger partial charge in [0.25, 0.3) is 0 Å². The first kappa shape index (κ1) is 15.7. The minimum atomic E-state index is -0.867. The van der Waals surface area contributed by atoms with Crippen LogP contribution in [0.2, 0.25) is 0 Å². The highest BCUT2D eigenvalue weighted by atomic mass is 16.3. The number of rotatable bonds is 6. The number of amides is 1. The molecule has 0 unspecified atom stereocenters. The van der Waals surface area contributed by atoms with Gasteiger partial charge >= 0.3 is 0 Å². The highest BCUT2D eigenvalue weighted by Crippen LogP contribution is 2.13. The molecular formula is C14H25N3O2. The number of hydrogen-bond donors (Lipinski definition) is 1. The molecule has 1 rings (SSSR count). The summed E-state index contributed by atoms with van der Waals surface area (Å²) >= 11 is 0. The topological polar surface area (TPSA) is 62.7 Å². The van der Waals surface area contributed by atoms with Crippen LogP contribution < -0.4 is 5.73 Å². The van der Waals surface area contributed by atoms with Crippen LogP contribution in [0.5, 0.6) is 0 Å². The lowest BCUT2D eigenvalue weighted by molar-refractivity contribution is -0.136. The second-order valence-electron chi connectivity index (χ2n) is 5.76. The first-order valence-electron chi connectivity index (χ1n) is 6.48. The number of hydrogen-bond acceptors (Lipinski definition) is 4. The highest BCUT2D eigenvalue weighted by molar-refractivity contribution is 5.85. The Morgan fingerprint density at radius 2 is 1.95 bits per heavy atom. The predicted octanol–water partition coefficient (Wildman–Crippen LogP) is 1.22. The summed E-state index contributed by atoms with van der Waals surface area (Å²) in [5.41, 5.74) is 5.04. The van der Waals surface area contributed by atoms with Gasteiger partial charge in [0.2, 0.25) is 5.91 Å². The van der Waals surface area contributed by atoms with Crippen LogP contribution in [0.25, 0.3) is 0 Å². The Bertz CT molecular complexity index is 419. The van der Waals surface area contributed by atoms with Crippen molar-refractivity contribution in [2.24, 2.45) is 5.73 Å². The van der Waals surface area contributed by atoms with E-state index in [0.717, 1.165) is 18.1 Å². The van der Waals surface area contributed by atoms with E-state index in [0.29, 0.717) is 13.1 Å². The third-order valence-electron chi connectivity index (χ3n) is 2.80. The molecule has 0 bridgehead atoms. The average Bonchev–Trinajstić information content (AvgIpc) is 2.67. The van der Waals surface area contributed by atoms with Gasteiger partial charge in [-0.1, -0.05) is 0 Å². The molecule has 0 saturated heterocycles. The molecule has 1 heterocycles. The summed E-state index contributed by atoms with van der Waals surface area (Å²) in [4.78, 5) is 16.1. The van der Waals surface area contributed by atoms with Gasteiger partial charge in [-0.2, -0.15) is 0 Å². The largest absolute Gasteiger partial charge is 0.464 e. The Kier molecular flexibility index (Phi) is 5.14. The fourth-order valence-corrected chi connectivity index (χ4v) is 1.74. The third-order valence-corrected chi connectivity index (χ3v) is 2.80. The minimum absolute atomic E-state index is 0.0663. The summed E-state index contributed by atoms with van der Waals surface area (Å²) in [5.74, 6) is 1.57. The molecule has 1 amide bonds. The number of nitrogens with two attached hydrogens (primary N) is 1. The third kappa shape index (κ3) is 5.04. The fourth-order valence-electron chi connectivity index (χ4n) is 1.74. The average molecular weight is 267 g/mol. The molecule has 0 fully saturated rings. The second kappa shape index (κ2) is 6.21. The first-order valence-corrected chi connectivity index (χ1v) is 6.48. The van der Waals surface area contributed by atoms with Gasteiger partial charge in [-0.25, -0.2) is 0 Å². The lowest BCUT2D eigenvalue weighted by atomic mass is 10.1. The van der Waals surface area contributed by atoms with E-state index < -0.39 is 5.54 Å². The number of nitrogens with zero attached hydrogens (tertiary/aromatic N) is 2. The first-order chi connectivity index (χ1) is 8.70. The van der Waals surface area contributed by atoms with Crippen LogP contribution in [0.3, 0.4) is 0 Å². The standard InChI is InChI=1S/C14H25N3O2/c1-11-6-7-12(19-11)10-17(9-8-16(4)5)13(18)14(2,3)15/h6-7H,8-10,15H2,1-5H3. The molecule has 0 aliphatic rings. The van der Waals surface area contributed by atoms with Crippen molar-refractivity contribution in [3.63, 3.8) is 0 Å². The van der Waals surface area contributed by atoms with E-state index in [-0.39, 0.29) is 5.91 Å². The van der Waals surface area contributed by atoms with E-state index in [1.54, 1.807) is 18.7 Å². The summed E-state index contributed by atoms with van der Waals surface area (Å²) in [7, 11) is 3.96. The van der Waals surface area contributed by atoms with Crippen molar-refractivity contribution in [2.75, 3.05) is 27.2 Å². The molecule has 0 aliphatic heterocycles. The molecule has 0 spiro atoms. The van der Waals surface area contributed by atoms with Crippen molar-refractivity contribution in [1.82, 2.24) is 9.80 Å². The van der Waals surface area contributed by atoms with Crippen LogP contribution in [-0.4, -0.2) is 48.4 Å². The zero-order chi connectivity index (χ0) is 14.6. The number of carbonyl (C=O) groups is 1. The molecule has 1 aromatic heterocycles. The quantitative estimate of drug-likeness (QED) is 0.841. The van der Waals surface area contributed by atoms with Crippen LogP contribution in [-0.2, 0) is 11.3 Å². The van der Waals surface area contributed by atoms with E-state index in [9.17, 15) is 4.79 Å². The Balaban J connectivity index is 2.77. The zero-order valence-electron chi connectivity index (χ0n) is 12.6. The number of aryl methyl sites for hydroxylation is 1. The van der Waals surface area contributed by atoms with Gasteiger partial charge in [-0.05, 0) is 47.0 Å². The molecule has 5 heteroatoms. The highest BCUT2D eigenvalue weighted by Gasteiger charge is 2.28. The Hall–Kier alpha value is -1.33. The van der Waals surface area contributed by atoms with Crippen LogP contribution in [0.4, 0.5) is 0 Å². The summed E-state index contributed by atoms with van der Waals surface area (Å²) < 4.78 is 5.54. The molecular weight excluding hydrogens is 242 g/mol. The van der Waals surface area contributed by atoms with E-state index in [2.05, 4.69) is 0 Å². The van der Waals surface area contributed by atoms with E-state index in [1.807, 2.05) is 38.1 Å². The Labute approximate surface area is 115 Å². The van der Waals surface area contributed by atoms with Crippen molar-refractivity contribution in [1.29, 1.82) is 0 Å². The smallest absolute Gasteiger partial charge is 0.242 e. The second-order valence-corrected chi connectivity index (χ2v) is 5.76. The van der Waals surface area contributed by atoms with Crippen molar-refractivity contribution in [3.8, 4) is 0 Å². The van der Waals surface area contributed by atoms with Crippen LogP contribution in [0.1, 0.15) is 25.4 Å². The molecule has 2 N–H and O–H groups in total. The summed E-state index contributed by atoms with van der Waals surface area (Å²) in [6.07, 6.45) is 0. The van der Waals surface area contributed by atoms with Crippen LogP contribution in [0.15, 0.2) is 16.5 Å². The van der Waals surface area contributed by atoms with Gasteiger partial charge in [0.1, 0.15) is 11.5 Å². The van der Waals surface area contributed by atoms with Crippen molar-refractivity contribution in [3.05, 3.63) is 23.7 Å². The van der Waals surface area contributed by atoms with E-state index in [1.165, 1.54) is 0 Å². The number of likely N-dealkylation sites (N-methyl/N-ethyl adjacent to an activating group) is 1. The van der Waals surface area contributed by atoms with Crippen molar-refractivity contribution in [2.45, 2.75) is 32.9 Å². The SMILES string of the molecule is Cc1ccc(CN(CCN(C)C)C(=O)C(C)(C)N)o1. The van der Waals surface area contributed by atoms with Gasteiger partial charge in [-0.3, -0.25) is 4.79 Å². The fraction of sp³-hybridized carbons (Fsp3) is 0.643. The Morgan fingerprint density at radius 1 is 1.32 bits per heavy atom. The molecule has 108 valence electrons. The summed E-state index contributed by atoms with van der Waals surface area (Å²) in [6, 6.07) is 3.80. The van der Waals surface area contributed by atoms with E-state index in [4.69, 9.17) is 10.2 Å². The molecule has 0 aromatic carbocycles. The normalized spacial score (nSPS) is 11.9. The monoisotopic (exact) mass is 267 g/mol. The zero-order valence-corrected chi connectivity index (χ0v) is 12.6. The molecule has 1 aromatic rings. The molecule has 0 saturated carbocycles. The van der Waals surface area contributed by atoms with Gasteiger partial charge in [-0.15, -0.1) is 0 Å². The van der Waals surface area contributed by atoms with Crippen molar-refractivity contribution < 1.29 is 9.21 Å². The number of furan rings is 1. The maximum Gasteiger partial charge on any atom is 0.242 e. The molecule has 0 radical (unpaired) electrons. The Morgan fingerprint density at radius 3 is 2.37 bits per heavy atom. The number of carbonyl (C=O) groups excluding carboxylic acids is 1. The van der Waals surface area contributed by atoms with Gasteiger partial charge in [0.05, 0.1) is 12.1 Å². The molecule has 0 aliphatic carbocycles. The molecule has 19 heavy (non-hydrogen) atoms. The minimum Gasteiger partial charge on any atom is -0.464 e. The van der Waals surface area contributed by atoms with Crippen LogP contribution >= 0.6 is 0 Å².